The number of carbonyl (C=O) groups is 1. The second-order valence-corrected chi connectivity index (χ2v) is 12.0. The fraction of sp³-hybridized carbons (Fsp3) is 0.273. The lowest BCUT2D eigenvalue weighted by Gasteiger charge is -2.38. The third-order valence-corrected chi connectivity index (χ3v) is 9.67. The molecule has 4 aromatic rings. The van der Waals surface area contributed by atoms with Crippen LogP contribution in [0, 0.1) is 0 Å². The lowest BCUT2D eigenvalue weighted by molar-refractivity contribution is 0.0688. The number of amides is 1. The van der Waals surface area contributed by atoms with E-state index in [1.807, 2.05) is 17.0 Å². The van der Waals surface area contributed by atoms with Gasteiger partial charge in [0.1, 0.15) is 0 Å². The van der Waals surface area contributed by atoms with Crippen molar-refractivity contribution in [3.63, 3.8) is 0 Å². The molecule has 8 heteroatoms. The van der Waals surface area contributed by atoms with Gasteiger partial charge in [0, 0.05) is 31.0 Å². The van der Waals surface area contributed by atoms with Crippen molar-refractivity contribution in [2.75, 3.05) is 38.0 Å². The Morgan fingerprint density at radius 1 is 0.902 bits per heavy atom. The predicted molar refractivity (Wildman–Crippen MR) is 157 cm³/mol. The Labute approximate surface area is 243 Å². The van der Waals surface area contributed by atoms with Crippen molar-refractivity contribution in [3.8, 4) is 11.5 Å². The topological polar surface area (TPSA) is 64.1 Å². The Kier molecular flexibility index (Phi) is 6.11. The van der Waals surface area contributed by atoms with Crippen molar-refractivity contribution < 1.29 is 19.0 Å². The summed E-state index contributed by atoms with van der Waals surface area (Å²) in [5.41, 5.74) is 7.09. The highest BCUT2D eigenvalue weighted by Gasteiger charge is 2.48. The average molecular weight is 564 g/mol. The highest BCUT2D eigenvalue weighted by molar-refractivity contribution is 7.99. The normalized spacial score (nSPS) is 20.5. The number of ether oxygens (including phenoxy) is 3. The van der Waals surface area contributed by atoms with E-state index < -0.39 is 0 Å². The number of anilines is 1. The molecule has 0 radical (unpaired) electrons. The summed E-state index contributed by atoms with van der Waals surface area (Å²) in [4.78, 5) is 25.0. The van der Waals surface area contributed by atoms with Gasteiger partial charge < -0.3 is 24.0 Å². The smallest absolute Gasteiger partial charge is 0.256 e. The molecule has 3 aromatic carbocycles. The first kappa shape index (κ1) is 24.8. The number of morpholine rings is 1. The molecule has 0 spiro atoms. The Morgan fingerprint density at radius 2 is 1.63 bits per heavy atom. The number of rotatable bonds is 5. The third kappa shape index (κ3) is 4.33. The molecule has 1 aromatic heterocycles. The van der Waals surface area contributed by atoms with Crippen LogP contribution in [0.5, 0.6) is 11.5 Å². The summed E-state index contributed by atoms with van der Waals surface area (Å²) >= 11 is 1.78. The zero-order chi connectivity index (χ0) is 27.3. The van der Waals surface area contributed by atoms with Crippen molar-refractivity contribution in [3.05, 3.63) is 113 Å². The first-order valence-corrected chi connectivity index (χ1v) is 15.0. The zero-order valence-electron chi connectivity index (χ0n) is 22.5. The van der Waals surface area contributed by atoms with E-state index in [0.717, 1.165) is 52.1 Å². The lowest BCUT2D eigenvalue weighted by Crippen LogP contribution is -2.37. The highest BCUT2D eigenvalue weighted by atomic mass is 32.2. The molecule has 0 N–H and O–H groups in total. The van der Waals surface area contributed by atoms with Crippen LogP contribution in [0.2, 0.25) is 0 Å². The molecule has 2 atom stereocenters. The molecule has 206 valence electrons. The van der Waals surface area contributed by atoms with Gasteiger partial charge in [0.25, 0.3) is 5.91 Å². The van der Waals surface area contributed by atoms with Crippen molar-refractivity contribution in [1.82, 2.24) is 9.88 Å². The molecule has 4 aliphatic heterocycles. The first-order chi connectivity index (χ1) is 20.2. The third-order valence-electron chi connectivity index (χ3n) is 8.36. The molecule has 7 nitrogen and oxygen atoms in total. The molecule has 1 amide bonds. The van der Waals surface area contributed by atoms with E-state index in [1.54, 1.807) is 11.8 Å². The number of carbonyl (C=O) groups excluding carboxylic acids is 1. The van der Waals surface area contributed by atoms with Gasteiger partial charge in [-0.25, -0.2) is 0 Å². The van der Waals surface area contributed by atoms with Crippen LogP contribution in [0.25, 0.3) is 0 Å². The summed E-state index contributed by atoms with van der Waals surface area (Å²) in [6, 6.07) is 26.9. The highest BCUT2D eigenvalue weighted by Crippen LogP contribution is 2.56. The van der Waals surface area contributed by atoms with Crippen LogP contribution in [0.15, 0.2) is 83.8 Å². The minimum atomic E-state index is -0.191. The molecular weight excluding hydrogens is 534 g/mol. The number of fused-ring (bicyclic) bond motifs is 5. The maximum absolute atomic E-state index is 14.2. The second-order valence-electron chi connectivity index (χ2n) is 10.8. The van der Waals surface area contributed by atoms with Crippen LogP contribution < -0.4 is 14.4 Å². The quantitative estimate of drug-likeness (QED) is 0.305. The van der Waals surface area contributed by atoms with E-state index in [1.165, 1.54) is 11.1 Å². The van der Waals surface area contributed by atoms with Crippen LogP contribution in [-0.4, -0.2) is 48.9 Å². The summed E-state index contributed by atoms with van der Waals surface area (Å²) < 4.78 is 17.2. The summed E-state index contributed by atoms with van der Waals surface area (Å²) in [5, 5.41) is -0.0489. The second kappa shape index (κ2) is 10.1. The Balaban J connectivity index is 1.27. The lowest BCUT2D eigenvalue weighted by atomic mass is 9.92. The van der Waals surface area contributed by atoms with Crippen molar-refractivity contribution in [2.24, 2.45) is 0 Å². The molecule has 5 heterocycles. The molecule has 0 bridgehead atoms. The average Bonchev–Trinajstić information content (AvgIpc) is 3.58. The number of nitrogens with zero attached hydrogens (tertiary/aromatic N) is 3. The van der Waals surface area contributed by atoms with Gasteiger partial charge >= 0.3 is 0 Å². The molecule has 0 unspecified atom stereocenters. The fourth-order valence-corrected chi connectivity index (χ4v) is 7.74. The van der Waals surface area contributed by atoms with Crippen molar-refractivity contribution in [1.29, 1.82) is 0 Å². The van der Waals surface area contributed by atoms with Gasteiger partial charge in [-0.2, -0.15) is 0 Å². The SMILES string of the molecule is O=C1c2cc(N3CCOCC3)c(Cc3ccccc3)nc2[C@@H]2[C@@H](Sc3ccccc3)c3cc4c(cc3CN12)OCO4. The minimum absolute atomic E-state index is 0.0419. The van der Waals surface area contributed by atoms with E-state index in [4.69, 9.17) is 19.2 Å². The largest absolute Gasteiger partial charge is 0.454 e. The Bertz CT molecular complexity index is 1630. The maximum Gasteiger partial charge on any atom is 0.256 e. The molecule has 0 saturated carbocycles. The van der Waals surface area contributed by atoms with Gasteiger partial charge in [0.05, 0.1) is 47.1 Å². The molecule has 41 heavy (non-hydrogen) atoms. The van der Waals surface area contributed by atoms with Crippen LogP contribution >= 0.6 is 11.8 Å². The zero-order valence-corrected chi connectivity index (χ0v) is 23.3. The summed E-state index contributed by atoms with van der Waals surface area (Å²) in [6.07, 6.45) is 0.702. The molecule has 1 saturated heterocycles. The summed E-state index contributed by atoms with van der Waals surface area (Å²) in [7, 11) is 0. The van der Waals surface area contributed by atoms with Crippen molar-refractivity contribution >= 4 is 23.4 Å². The van der Waals surface area contributed by atoms with E-state index in [2.05, 4.69) is 71.6 Å². The number of hydrogen-bond acceptors (Lipinski definition) is 7. The Morgan fingerprint density at radius 3 is 2.41 bits per heavy atom. The van der Waals surface area contributed by atoms with E-state index in [9.17, 15) is 4.79 Å². The van der Waals surface area contributed by atoms with Gasteiger partial charge in [-0.05, 0) is 47.0 Å². The van der Waals surface area contributed by atoms with Crippen LogP contribution in [0.4, 0.5) is 5.69 Å². The van der Waals surface area contributed by atoms with Crippen LogP contribution in [0.1, 0.15) is 49.7 Å². The number of benzene rings is 3. The van der Waals surface area contributed by atoms with Gasteiger partial charge in [-0.1, -0.05) is 48.5 Å². The maximum atomic E-state index is 14.2. The minimum Gasteiger partial charge on any atom is -0.454 e. The summed E-state index contributed by atoms with van der Waals surface area (Å²) in [6.45, 7) is 3.64. The van der Waals surface area contributed by atoms with E-state index >= 15 is 0 Å². The van der Waals surface area contributed by atoms with Gasteiger partial charge in [0.15, 0.2) is 11.5 Å². The number of hydrogen-bond donors (Lipinski definition) is 0. The molecule has 8 rings (SSSR count). The molecular formula is C33H29N3O4S. The first-order valence-electron chi connectivity index (χ1n) is 14.1. The van der Waals surface area contributed by atoms with Crippen LogP contribution in [0.3, 0.4) is 0 Å². The molecule has 1 fully saturated rings. The standard InChI is InChI=1S/C33H29N3O4S/c37-33-25-17-27(35-11-13-38-14-12-35)26(15-21-7-3-1-4-8-21)34-30(25)31-32(41-23-9-5-2-6-10-23)24-18-29-28(39-20-40-29)16-22(24)19-36(31)33/h1-10,16-18,31-32H,11-15,19-20H2/t31-,32+/m1/s1. The van der Waals surface area contributed by atoms with Crippen LogP contribution in [-0.2, 0) is 17.7 Å². The predicted octanol–water partition coefficient (Wildman–Crippen LogP) is 5.78. The number of thioether (sulfide) groups is 1. The van der Waals surface area contributed by atoms with Crippen molar-refractivity contribution in [2.45, 2.75) is 29.2 Å². The Hall–Kier alpha value is -4.01. The van der Waals surface area contributed by atoms with Gasteiger partial charge in [-0.3, -0.25) is 9.78 Å². The van der Waals surface area contributed by atoms with Gasteiger partial charge in [0.2, 0.25) is 6.79 Å². The summed E-state index contributed by atoms with van der Waals surface area (Å²) in [5.74, 6) is 1.55. The van der Waals surface area contributed by atoms with Gasteiger partial charge in [-0.15, -0.1) is 11.8 Å². The molecule has 0 aliphatic carbocycles. The number of aromatic nitrogens is 1. The van der Waals surface area contributed by atoms with E-state index in [0.29, 0.717) is 31.7 Å². The fourth-order valence-electron chi connectivity index (χ4n) is 6.39. The monoisotopic (exact) mass is 563 g/mol. The molecule has 4 aliphatic rings. The number of pyridine rings is 1. The van der Waals surface area contributed by atoms with E-state index in [-0.39, 0.29) is 24.0 Å².